The van der Waals surface area contributed by atoms with Crippen molar-refractivity contribution in [1.82, 2.24) is 9.55 Å². The number of benzene rings is 2. The molecule has 0 bridgehead atoms. The predicted molar refractivity (Wildman–Crippen MR) is 116 cm³/mol. The number of esters is 1. The van der Waals surface area contributed by atoms with Crippen LogP contribution in [0, 0.1) is 0 Å². The standard InChI is InChI=1S/C24H25ClN2O3/c1-3-29-23(28)15-21(24-26-12-13-27(24)2)16-4-8-19(9-5-16)30-22-11-6-17-14-18(25)7-10-20(17)22/h4-5,7-10,12-14,21-22H,3,6,11,15H2,1-2H3/t21-,22?/m0/s1. The summed E-state index contributed by atoms with van der Waals surface area (Å²) in [7, 11) is 1.93. The maximum Gasteiger partial charge on any atom is 0.306 e. The van der Waals surface area contributed by atoms with E-state index in [2.05, 4.69) is 11.1 Å². The molecule has 6 heteroatoms. The molecule has 1 aliphatic carbocycles. The lowest BCUT2D eigenvalue weighted by atomic mass is 9.94. The Labute approximate surface area is 181 Å². The molecule has 1 unspecified atom stereocenters. The average molecular weight is 425 g/mol. The number of aromatic nitrogens is 2. The van der Waals surface area contributed by atoms with Crippen LogP contribution in [0.15, 0.2) is 54.9 Å². The Bertz CT molecular complexity index is 1030. The smallest absolute Gasteiger partial charge is 0.306 e. The second-order valence-corrected chi connectivity index (χ2v) is 7.95. The molecular formula is C24H25ClN2O3. The van der Waals surface area contributed by atoms with Crippen LogP contribution in [0.3, 0.4) is 0 Å². The quantitative estimate of drug-likeness (QED) is 0.487. The highest BCUT2D eigenvalue weighted by Gasteiger charge is 2.25. The molecule has 4 rings (SSSR count). The first-order valence-corrected chi connectivity index (χ1v) is 10.6. The van der Waals surface area contributed by atoms with Crippen molar-refractivity contribution in [3.8, 4) is 5.75 Å². The minimum absolute atomic E-state index is 0.0352. The van der Waals surface area contributed by atoms with Crippen LogP contribution in [0.2, 0.25) is 5.02 Å². The lowest BCUT2D eigenvalue weighted by Crippen LogP contribution is -2.15. The van der Waals surface area contributed by atoms with Crippen LogP contribution in [-0.4, -0.2) is 22.1 Å². The third-order valence-corrected chi connectivity index (χ3v) is 5.77. The van der Waals surface area contributed by atoms with Gasteiger partial charge in [-0.3, -0.25) is 4.79 Å². The summed E-state index contributed by atoms with van der Waals surface area (Å²) in [6.07, 6.45) is 5.82. The van der Waals surface area contributed by atoms with Gasteiger partial charge in [-0.2, -0.15) is 0 Å². The van der Waals surface area contributed by atoms with Gasteiger partial charge in [0.25, 0.3) is 0 Å². The molecule has 0 amide bonds. The molecule has 30 heavy (non-hydrogen) atoms. The Kier molecular flexibility index (Phi) is 6.09. The van der Waals surface area contributed by atoms with Gasteiger partial charge in [0.05, 0.1) is 18.9 Å². The van der Waals surface area contributed by atoms with Crippen molar-refractivity contribution in [2.45, 2.75) is 38.2 Å². The van der Waals surface area contributed by atoms with Crippen LogP contribution in [0.4, 0.5) is 0 Å². The number of ether oxygens (including phenoxy) is 2. The molecule has 0 N–H and O–H groups in total. The zero-order chi connectivity index (χ0) is 21.1. The number of fused-ring (bicyclic) bond motifs is 1. The Hall–Kier alpha value is -2.79. The SMILES string of the molecule is CCOC(=O)C[C@@H](c1ccc(OC2CCc3cc(Cl)ccc32)cc1)c1nccn1C. The molecule has 0 fully saturated rings. The molecule has 2 aromatic carbocycles. The fraction of sp³-hybridized carbons (Fsp3) is 0.333. The van der Waals surface area contributed by atoms with Gasteiger partial charge in [-0.15, -0.1) is 0 Å². The maximum atomic E-state index is 12.2. The molecule has 3 aromatic rings. The lowest BCUT2D eigenvalue weighted by Gasteiger charge is -2.18. The third kappa shape index (κ3) is 4.36. The van der Waals surface area contributed by atoms with Gasteiger partial charge in [-0.25, -0.2) is 4.98 Å². The molecule has 1 aromatic heterocycles. The van der Waals surface area contributed by atoms with Gasteiger partial charge in [0.15, 0.2) is 0 Å². The number of hydrogen-bond donors (Lipinski definition) is 0. The van der Waals surface area contributed by atoms with Crippen LogP contribution in [0.25, 0.3) is 0 Å². The molecule has 0 saturated heterocycles. The number of nitrogens with zero attached hydrogens (tertiary/aromatic N) is 2. The van der Waals surface area contributed by atoms with E-state index in [4.69, 9.17) is 21.1 Å². The fourth-order valence-electron chi connectivity index (χ4n) is 4.07. The number of carbonyl (C=O) groups is 1. The van der Waals surface area contributed by atoms with Crippen molar-refractivity contribution in [3.63, 3.8) is 0 Å². The zero-order valence-corrected chi connectivity index (χ0v) is 17.9. The number of hydrogen-bond acceptors (Lipinski definition) is 4. The summed E-state index contributed by atoms with van der Waals surface area (Å²) in [6.45, 7) is 2.18. The van der Waals surface area contributed by atoms with Crippen LogP contribution in [-0.2, 0) is 23.0 Å². The second kappa shape index (κ2) is 8.92. The number of aryl methyl sites for hydroxylation is 2. The topological polar surface area (TPSA) is 53.4 Å². The first kappa shape index (κ1) is 20.5. The fourth-order valence-corrected chi connectivity index (χ4v) is 4.26. The molecule has 2 atom stereocenters. The summed E-state index contributed by atoms with van der Waals surface area (Å²) < 4.78 is 13.4. The minimum Gasteiger partial charge on any atom is -0.486 e. The summed E-state index contributed by atoms with van der Waals surface area (Å²) in [5.74, 6) is 1.24. The van der Waals surface area contributed by atoms with Gasteiger partial charge in [0, 0.05) is 24.5 Å². The Morgan fingerprint density at radius 2 is 2.07 bits per heavy atom. The van der Waals surface area contributed by atoms with E-state index < -0.39 is 0 Å². The van der Waals surface area contributed by atoms with Crippen molar-refractivity contribution >= 4 is 17.6 Å². The van der Waals surface area contributed by atoms with Crippen LogP contribution in [0.5, 0.6) is 5.75 Å². The molecule has 0 radical (unpaired) electrons. The molecule has 0 saturated carbocycles. The number of rotatable bonds is 7. The van der Waals surface area contributed by atoms with E-state index in [0.29, 0.717) is 6.61 Å². The number of imidazole rings is 1. The van der Waals surface area contributed by atoms with E-state index >= 15 is 0 Å². The molecule has 1 heterocycles. The molecule has 156 valence electrons. The average Bonchev–Trinajstić information content (AvgIpc) is 3.33. The normalized spacial score (nSPS) is 16.2. The first-order chi connectivity index (χ1) is 14.5. The zero-order valence-electron chi connectivity index (χ0n) is 17.2. The van der Waals surface area contributed by atoms with E-state index in [0.717, 1.165) is 35.0 Å². The lowest BCUT2D eigenvalue weighted by molar-refractivity contribution is -0.143. The Balaban J connectivity index is 1.52. The van der Waals surface area contributed by atoms with E-state index in [1.165, 1.54) is 11.1 Å². The van der Waals surface area contributed by atoms with Crippen molar-refractivity contribution < 1.29 is 14.3 Å². The van der Waals surface area contributed by atoms with E-state index in [9.17, 15) is 4.79 Å². The van der Waals surface area contributed by atoms with Crippen LogP contribution < -0.4 is 4.74 Å². The summed E-state index contributed by atoms with van der Waals surface area (Å²) in [4.78, 5) is 16.6. The van der Waals surface area contributed by atoms with E-state index in [-0.39, 0.29) is 24.4 Å². The summed E-state index contributed by atoms with van der Waals surface area (Å²) in [6, 6.07) is 13.9. The Morgan fingerprint density at radius 1 is 1.27 bits per heavy atom. The van der Waals surface area contributed by atoms with E-state index in [1.807, 2.05) is 61.1 Å². The van der Waals surface area contributed by atoms with Gasteiger partial charge >= 0.3 is 5.97 Å². The highest BCUT2D eigenvalue weighted by molar-refractivity contribution is 6.30. The van der Waals surface area contributed by atoms with Gasteiger partial charge in [0.2, 0.25) is 0 Å². The van der Waals surface area contributed by atoms with Crippen LogP contribution in [0.1, 0.15) is 54.3 Å². The molecule has 5 nitrogen and oxygen atoms in total. The number of halogens is 1. The van der Waals surface area contributed by atoms with E-state index in [1.54, 1.807) is 6.20 Å². The highest BCUT2D eigenvalue weighted by atomic mass is 35.5. The second-order valence-electron chi connectivity index (χ2n) is 7.52. The maximum absolute atomic E-state index is 12.2. The summed E-state index contributed by atoms with van der Waals surface area (Å²) in [5.41, 5.74) is 3.47. The van der Waals surface area contributed by atoms with Gasteiger partial charge in [-0.1, -0.05) is 29.8 Å². The van der Waals surface area contributed by atoms with Crippen molar-refractivity contribution in [2.75, 3.05) is 6.61 Å². The molecule has 0 aliphatic heterocycles. The summed E-state index contributed by atoms with van der Waals surface area (Å²) in [5, 5.41) is 0.765. The van der Waals surface area contributed by atoms with Gasteiger partial charge in [-0.05, 0) is 60.7 Å². The minimum atomic E-state index is -0.230. The predicted octanol–water partition coefficient (Wildman–Crippen LogP) is 5.22. The highest BCUT2D eigenvalue weighted by Crippen LogP contribution is 2.37. The van der Waals surface area contributed by atoms with Crippen LogP contribution >= 0.6 is 11.6 Å². The van der Waals surface area contributed by atoms with Gasteiger partial charge in [0.1, 0.15) is 17.7 Å². The van der Waals surface area contributed by atoms with Crippen molar-refractivity contribution in [3.05, 3.63) is 82.4 Å². The first-order valence-electron chi connectivity index (χ1n) is 10.2. The summed E-state index contributed by atoms with van der Waals surface area (Å²) >= 11 is 6.11. The molecular weight excluding hydrogens is 400 g/mol. The monoisotopic (exact) mass is 424 g/mol. The third-order valence-electron chi connectivity index (χ3n) is 5.53. The van der Waals surface area contributed by atoms with Crippen molar-refractivity contribution in [1.29, 1.82) is 0 Å². The molecule has 0 spiro atoms. The largest absolute Gasteiger partial charge is 0.486 e. The van der Waals surface area contributed by atoms with Gasteiger partial charge < -0.3 is 14.0 Å². The number of carbonyl (C=O) groups excluding carboxylic acids is 1. The Morgan fingerprint density at radius 3 is 2.77 bits per heavy atom. The van der Waals surface area contributed by atoms with Crippen molar-refractivity contribution in [2.24, 2.45) is 7.05 Å². The molecule has 1 aliphatic rings.